The second kappa shape index (κ2) is 20.8. The minimum Gasteiger partial charge on any atom is -0.508 e. The van der Waals surface area contributed by atoms with Crippen molar-refractivity contribution in [2.45, 2.75) is 116 Å². The summed E-state index contributed by atoms with van der Waals surface area (Å²) < 4.78 is 18.4. The summed E-state index contributed by atoms with van der Waals surface area (Å²) in [5.41, 5.74) is 7.44. The Hall–Kier alpha value is -5.61. The van der Waals surface area contributed by atoms with Crippen LogP contribution in [0.15, 0.2) is 90.7 Å². The first-order valence-electron chi connectivity index (χ1n) is 22.5. The van der Waals surface area contributed by atoms with E-state index in [0.717, 1.165) is 76.7 Å². The number of allylic oxidation sites excluding steroid dienone is 4. The Balaban J connectivity index is 1.06. The van der Waals surface area contributed by atoms with Gasteiger partial charge in [0.2, 0.25) is 0 Å². The molecule has 0 radical (unpaired) electrons. The van der Waals surface area contributed by atoms with Crippen LogP contribution in [0.3, 0.4) is 0 Å². The number of unbranched alkanes of at least 4 members (excludes halogenated alkanes) is 2. The van der Waals surface area contributed by atoms with Crippen LogP contribution in [0.2, 0.25) is 0 Å². The molecule has 4 aromatic rings. The van der Waals surface area contributed by atoms with E-state index < -0.39 is 6.10 Å². The number of Topliss-reactive ketones (excluding diaryl/α,β-unsaturated/α-hetero) is 1. The molecule has 0 amide bonds. The fourth-order valence-corrected chi connectivity index (χ4v) is 9.16. The van der Waals surface area contributed by atoms with Gasteiger partial charge in [-0.25, -0.2) is 0 Å². The SMILES string of the molecule is COc1ccc2cc1OCc1ccc3c(c(O)cc4c3c1C=C[C@H]4C)CC#CO[C@@H](C[C@@H]1C=C(O)C=C[C@H]1CCCCc1cccc(NCCCCC(C)C)c1)CC(=O)CC2. The monoisotopic (exact) mass is 821 g/mol. The van der Waals surface area contributed by atoms with Gasteiger partial charge in [-0.3, -0.25) is 4.79 Å². The predicted octanol–water partition coefficient (Wildman–Crippen LogP) is 12.3. The van der Waals surface area contributed by atoms with Crippen LogP contribution in [-0.4, -0.2) is 35.8 Å². The van der Waals surface area contributed by atoms with E-state index in [2.05, 4.69) is 92.7 Å². The van der Waals surface area contributed by atoms with Gasteiger partial charge in [0.15, 0.2) is 11.5 Å². The third-order valence-corrected chi connectivity index (χ3v) is 12.6. The average Bonchev–Trinajstić information content (AvgIpc) is 3.24. The third kappa shape index (κ3) is 11.4. The van der Waals surface area contributed by atoms with Gasteiger partial charge in [0.05, 0.1) is 7.11 Å². The Morgan fingerprint density at radius 2 is 1.84 bits per heavy atom. The van der Waals surface area contributed by atoms with Crippen molar-refractivity contribution in [1.82, 2.24) is 0 Å². The molecule has 61 heavy (non-hydrogen) atoms. The van der Waals surface area contributed by atoms with Gasteiger partial charge >= 0.3 is 0 Å². The number of aromatic hydroxyl groups is 1. The van der Waals surface area contributed by atoms with E-state index in [4.69, 9.17) is 14.2 Å². The number of carbonyl (C=O) groups excluding carboxylic acids is 1. The fraction of sp³-hybridized carbons (Fsp3) is 0.426. The number of rotatable bonds is 14. The lowest BCUT2D eigenvalue weighted by atomic mass is 9.80. The summed E-state index contributed by atoms with van der Waals surface area (Å²) in [4.78, 5) is 13.7. The van der Waals surface area contributed by atoms with Gasteiger partial charge in [0.25, 0.3) is 0 Å². The number of phenols is 1. The van der Waals surface area contributed by atoms with Crippen LogP contribution in [0.4, 0.5) is 5.69 Å². The molecule has 3 N–H and O–H groups in total. The molecule has 0 spiro atoms. The fourth-order valence-electron chi connectivity index (χ4n) is 9.16. The first kappa shape index (κ1) is 43.5. The van der Waals surface area contributed by atoms with Gasteiger partial charge in [-0.15, -0.1) is 0 Å². The Kier molecular flexibility index (Phi) is 14.8. The Bertz CT molecular complexity index is 2330. The number of phenolic OH excluding ortho intramolecular Hbond substituents is 1. The van der Waals surface area contributed by atoms with Crippen molar-refractivity contribution in [2.75, 3.05) is 19.0 Å². The van der Waals surface area contributed by atoms with Crippen LogP contribution in [0, 0.1) is 29.8 Å². The largest absolute Gasteiger partial charge is 0.508 e. The molecular weight excluding hydrogens is 759 g/mol. The molecule has 8 rings (SSSR count). The molecule has 0 saturated heterocycles. The maximum atomic E-state index is 13.7. The van der Waals surface area contributed by atoms with Crippen molar-refractivity contribution >= 4 is 28.3 Å². The van der Waals surface area contributed by atoms with Crippen molar-refractivity contribution in [3.63, 3.8) is 0 Å². The van der Waals surface area contributed by atoms with Crippen LogP contribution >= 0.6 is 0 Å². The van der Waals surface area contributed by atoms with E-state index >= 15 is 0 Å². The molecule has 0 saturated carbocycles. The maximum absolute atomic E-state index is 13.7. The summed E-state index contributed by atoms with van der Waals surface area (Å²) in [7, 11) is 1.63. The number of carbonyl (C=O) groups is 1. The number of ether oxygens (including phenoxy) is 3. The number of aliphatic hydroxyl groups is 1. The summed E-state index contributed by atoms with van der Waals surface area (Å²) in [6.07, 6.45) is 22.4. The highest BCUT2D eigenvalue weighted by atomic mass is 16.5. The van der Waals surface area contributed by atoms with E-state index in [1.165, 1.54) is 30.5 Å². The van der Waals surface area contributed by atoms with Crippen molar-refractivity contribution in [3.05, 3.63) is 124 Å². The molecule has 2 aliphatic heterocycles. The van der Waals surface area contributed by atoms with Crippen LogP contribution < -0.4 is 14.8 Å². The van der Waals surface area contributed by atoms with E-state index in [-0.39, 0.29) is 47.9 Å². The minimum absolute atomic E-state index is 0.00976. The van der Waals surface area contributed by atoms with Gasteiger partial charge in [-0.1, -0.05) is 94.5 Å². The topological polar surface area (TPSA) is 97.2 Å². The zero-order chi connectivity index (χ0) is 42.7. The lowest BCUT2D eigenvalue weighted by Crippen LogP contribution is -2.24. The van der Waals surface area contributed by atoms with Crippen molar-refractivity contribution in [2.24, 2.45) is 17.8 Å². The summed E-state index contributed by atoms with van der Waals surface area (Å²) in [5.74, 6) is 6.07. The third-order valence-electron chi connectivity index (χ3n) is 12.6. The van der Waals surface area contributed by atoms with Gasteiger partial charge in [-0.2, -0.15) is 0 Å². The van der Waals surface area contributed by atoms with Gasteiger partial charge in [0.1, 0.15) is 36.1 Å². The molecule has 7 heteroatoms. The van der Waals surface area contributed by atoms with Crippen LogP contribution in [0.25, 0.3) is 16.8 Å². The van der Waals surface area contributed by atoms with Crippen molar-refractivity contribution in [3.8, 4) is 29.3 Å². The number of benzene rings is 4. The molecule has 4 atom stereocenters. The Labute approximate surface area is 362 Å². The molecule has 320 valence electrons. The molecular formula is C54H63NO6. The van der Waals surface area contributed by atoms with Crippen molar-refractivity contribution < 1.29 is 29.2 Å². The van der Waals surface area contributed by atoms with E-state index in [9.17, 15) is 15.0 Å². The zero-order valence-electron chi connectivity index (χ0n) is 36.5. The Morgan fingerprint density at radius 3 is 2.69 bits per heavy atom. The number of anilines is 1. The van der Waals surface area contributed by atoms with Crippen LogP contribution in [0.1, 0.15) is 118 Å². The summed E-state index contributed by atoms with van der Waals surface area (Å²) >= 11 is 0. The first-order chi connectivity index (χ1) is 29.6. The molecule has 0 fully saturated rings. The van der Waals surface area contributed by atoms with Gasteiger partial charge in [0, 0.05) is 43.0 Å². The van der Waals surface area contributed by atoms with E-state index in [0.29, 0.717) is 37.4 Å². The molecule has 4 aliphatic rings. The number of nitrogens with one attached hydrogen (secondary N) is 1. The smallest absolute Gasteiger partial charge is 0.161 e. The van der Waals surface area contributed by atoms with Crippen LogP contribution in [-0.2, 0) is 35.4 Å². The summed E-state index contributed by atoms with van der Waals surface area (Å²) in [5, 5.41) is 27.7. The zero-order valence-corrected chi connectivity index (χ0v) is 36.5. The molecule has 0 aromatic heterocycles. The minimum atomic E-state index is -0.473. The molecule has 0 unspecified atom stereocenters. The Morgan fingerprint density at radius 1 is 0.951 bits per heavy atom. The molecule has 7 nitrogen and oxygen atoms in total. The van der Waals surface area contributed by atoms with E-state index in [1.807, 2.05) is 30.3 Å². The molecule has 2 aliphatic carbocycles. The standard InChI is InChI=1S/C54H63NO6/c1-36(2)11-7-8-27-55-43-15-9-13-38(29-43)12-5-6-14-40-20-23-44(56)31-42(40)32-46-33-45(57)22-18-39-19-26-52(59-4)53(30-39)61-35-41-21-25-49-48(16-10-28-60-46)51(58)34-50-37(3)17-24-47(41)54(49)50/h9,13,15,17,19-21,23-26,29-31,34,36-37,40,42,46,55-56,58H,5-8,11-12,14,16,18,22,27,32-33,35H2,1-4H3/t37-,40-,42+,46+/m1/s1. The van der Waals surface area contributed by atoms with E-state index in [1.54, 1.807) is 13.2 Å². The first-order valence-corrected chi connectivity index (χ1v) is 22.5. The summed E-state index contributed by atoms with van der Waals surface area (Å²) in [6.45, 7) is 8.04. The lowest BCUT2D eigenvalue weighted by molar-refractivity contribution is -0.121. The number of aryl methyl sites for hydroxylation is 2. The van der Waals surface area contributed by atoms with Gasteiger partial charge in [-0.05, 0) is 137 Å². The van der Waals surface area contributed by atoms with Crippen LogP contribution in [0.5, 0.6) is 17.2 Å². The average molecular weight is 822 g/mol. The lowest BCUT2D eigenvalue weighted by Gasteiger charge is -2.28. The van der Waals surface area contributed by atoms with Gasteiger partial charge < -0.3 is 29.7 Å². The molecule has 4 aromatic carbocycles. The maximum Gasteiger partial charge on any atom is 0.161 e. The predicted molar refractivity (Wildman–Crippen MR) is 247 cm³/mol. The number of hydrogen-bond donors (Lipinski definition) is 3. The number of methoxy groups -OCH3 is 1. The molecule has 6 bridgehead atoms. The number of fused-ring (bicyclic) bond motifs is 9. The number of hydrogen-bond acceptors (Lipinski definition) is 7. The van der Waals surface area contributed by atoms with Crippen molar-refractivity contribution in [1.29, 1.82) is 0 Å². The highest BCUT2D eigenvalue weighted by molar-refractivity contribution is 6.00. The normalized spacial score (nSPS) is 20.0. The summed E-state index contributed by atoms with van der Waals surface area (Å²) in [6, 6.07) is 20.7. The second-order valence-corrected chi connectivity index (χ2v) is 17.7. The second-order valence-electron chi connectivity index (χ2n) is 17.7. The number of aliphatic hydroxyl groups excluding tert-OH is 1. The highest BCUT2D eigenvalue weighted by Crippen LogP contribution is 2.42. The molecule has 2 heterocycles. The number of ketones is 1. The quantitative estimate of drug-likeness (QED) is 0.0861. The highest BCUT2D eigenvalue weighted by Gasteiger charge is 2.27.